The van der Waals surface area contributed by atoms with E-state index in [0.717, 1.165) is 18.6 Å². The highest BCUT2D eigenvalue weighted by Gasteiger charge is 2.40. The minimum absolute atomic E-state index is 0.0506. The van der Waals surface area contributed by atoms with E-state index < -0.39 is 0 Å². The van der Waals surface area contributed by atoms with Crippen LogP contribution >= 0.6 is 0 Å². The molecule has 1 aliphatic carbocycles. The number of benzene rings is 1. The fourth-order valence-electron chi connectivity index (χ4n) is 3.23. The Balaban J connectivity index is 1.99. The first-order valence-electron chi connectivity index (χ1n) is 6.58. The maximum absolute atomic E-state index is 12.1. The van der Waals surface area contributed by atoms with Gasteiger partial charge in [-0.3, -0.25) is 4.79 Å². The van der Waals surface area contributed by atoms with Crippen molar-refractivity contribution in [1.82, 2.24) is 0 Å². The summed E-state index contributed by atoms with van der Waals surface area (Å²) in [7, 11) is 1.62. The Morgan fingerprint density at radius 2 is 2.11 bits per heavy atom. The number of hydrogen-bond donors (Lipinski definition) is 0. The highest BCUT2D eigenvalue weighted by molar-refractivity contribution is 5.79. The number of carbonyl (C=O) groups is 1. The number of rotatable bonds is 1. The average Bonchev–Trinajstić information content (AvgIpc) is 2.38. The van der Waals surface area contributed by atoms with Gasteiger partial charge in [0.15, 0.2) is 0 Å². The molecule has 1 aromatic carbocycles. The minimum Gasteiger partial charge on any atom is -0.497 e. The average molecular weight is 246 g/mol. The summed E-state index contributed by atoms with van der Waals surface area (Å²) in [5.74, 6) is 2.38. The van der Waals surface area contributed by atoms with Crippen LogP contribution in [0, 0.1) is 11.8 Å². The smallest absolute Gasteiger partial charge is 0.314 e. The van der Waals surface area contributed by atoms with Gasteiger partial charge in [-0.05, 0) is 30.4 Å². The molecule has 18 heavy (non-hydrogen) atoms. The summed E-state index contributed by atoms with van der Waals surface area (Å²) in [4.78, 5) is 12.1. The van der Waals surface area contributed by atoms with Crippen LogP contribution in [0.25, 0.3) is 0 Å². The van der Waals surface area contributed by atoms with E-state index in [1.807, 2.05) is 18.2 Å². The first-order chi connectivity index (χ1) is 8.69. The van der Waals surface area contributed by atoms with Crippen molar-refractivity contribution in [2.24, 2.45) is 11.8 Å². The molecule has 1 aromatic rings. The molecule has 3 heteroatoms. The molecule has 1 aliphatic heterocycles. The lowest BCUT2D eigenvalue weighted by Gasteiger charge is -2.37. The van der Waals surface area contributed by atoms with E-state index in [4.69, 9.17) is 9.47 Å². The van der Waals surface area contributed by atoms with Crippen molar-refractivity contribution in [2.75, 3.05) is 7.11 Å². The van der Waals surface area contributed by atoms with Crippen molar-refractivity contribution >= 4 is 5.97 Å². The van der Waals surface area contributed by atoms with Gasteiger partial charge in [0.25, 0.3) is 0 Å². The van der Waals surface area contributed by atoms with Crippen LogP contribution in [0.3, 0.4) is 0 Å². The number of hydrogen-bond acceptors (Lipinski definition) is 3. The zero-order valence-electron chi connectivity index (χ0n) is 10.8. The Morgan fingerprint density at radius 1 is 1.28 bits per heavy atom. The summed E-state index contributed by atoms with van der Waals surface area (Å²) in [6, 6.07) is 5.82. The van der Waals surface area contributed by atoms with E-state index in [2.05, 4.69) is 6.92 Å². The standard InChI is InChI=1S/C15H18O3/c1-9-3-5-11-12-6-4-10(17-2)8-14(12)18-15(16)13(11)7-9/h4,6,8-9,11,13H,3,5,7H2,1-2H3. The third kappa shape index (κ3) is 1.78. The van der Waals surface area contributed by atoms with Gasteiger partial charge in [-0.25, -0.2) is 0 Å². The lowest BCUT2D eigenvalue weighted by atomic mass is 9.70. The number of carbonyl (C=O) groups excluding carboxylic acids is 1. The van der Waals surface area contributed by atoms with E-state index in [1.54, 1.807) is 7.11 Å². The monoisotopic (exact) mass is 246 g/mol. The molecule has 0 bridgehead atoms. The summed E-state index contributed by atoms with van der Waals surface area (Å²) in [5.41, 5.74) is 1.17. The molecule has 0 amide bonds. The van der Waals surface area contributed by atoms with E-state index in [1.165, 1.54) is 12.0 Å². The van der Waals surface area contributed by atoms with Gasteiger partial charge in [-0.2, -0.15) is 0 Å². The summed E-state index contributed by atoms with van der Waals surface area (Å²) < 4.78 is 10.7. The third-order valence-electron chi connectivity index (χ3n) is 4.25. The van der Waals surface area contributed by atoms with Gasteiger partial charge < -0.3 is 9.47 Å². The quantitative estimate of drug-likeness (QED) is 0.564. The van der Waals surface area contributed by atoms with Crippen molar-refractivity contribution < 1.29 is 14.3 Å². The second-order valence-electron chi connectivity index (χ2n) is 5.46. The number of ether oxygens (including phenoxy) is 2. The Labute approximate surface area is 107 Å². The Kier molecular flexibility index (Phi) is 2.77. The molecule has 0 N–H and O–H groups in total. The molecule has 2 aliphatic rings. The molecular weight excluding hydrogens is 228 g/mol. The number of methoxy groups -OCH3 is 1. The molecule has 1 heterocycles. The van der Waals surface area contributed by atoms with Crippen LogP contribution in [0.2, 0.25) is 0 Å². The second-order valence-corrected chi connectivity index (χ2v) is 5.46. The molecule has 1 fully saturated rings. The summed E-state index contributed by atoms with van der Waals surface area (Å²) in [5, 5.41) is 0. The molecule has 0 saturated heterocycles. The minimum atomic E-state index is -0.0627. The predicted molar refractivity (Wildman–Crippen MR) is 67.9 cm³/mol. The van der Waals surface area contributed by atoms with Crippen LogP contribution in [-0.2, 0) is 4.79 Å². The fraction of sp³-hybridized carbons (Fsp3) is 0.533. The van der Waals surface area contributed by atoms with Crippen molar-refractivity contribution in [3.8, 4) is 11.5 Å². The molecule has 0 aromatic heterocycles. The van der Waals surface area contributed by atoms with Crippen LogP contribution in [0.1, 0.15) is 37.7 Å². The van der Waals surface area contributed by atoms with Crippen LogP contribution in [0.15, 0.2) is 18.2 Å². The molecule has 3 rings (SSSR count). The molecule has 3 unspecified atom stereocenters. The zero-order chi connectivity index (χ0) is 12.7. The largest absolute Gasteiger partial charge is 0.497 e. The van der Waals surface area contributed by atoms with E-state index >= 15 is 0 Å². The SMILES string of the molecule is COc1ccc2c(c1)OC(=O)C1CC(C)CCC21. The fourth-order valence-corrected chi connectivity index (χ4v) is 3.23. The Bertz CT molecular complexity index is 481. The highest BCUT2D eigenvalue weighted by atomic mass is 16.5. The lowest BCUT2D eigenvalue weighted by molar-refractivity contribution is -0.143. The topological polar surface area (TPSA) is 35.5 Å². The molecule has 0 radical (unpaired) electrons. The summed E-state index contributed by atoms with van der Waals surface area (Å²) in [6.45, 7) is 2.22. The molecule has 96 valence electrons. The van der Waals surface area contributed by atoms with Gasteiger partial charge in [-0.15, -0.1) is 0 Å². The van der Waals surface area contributed by atoms with Gasteiger partial charge in [0.2, 0.25) is 0 Å². The summed E-state index contributed by atoms with van der Waals surface area (Å²) in [6.07, 6.45) is 3.23. The first kappa shape index (κ1) is 11.6. The third-order valence-corrected chi connectivity index (χ3v) is 4.25. The van der Waals surface area contributed by atoms with Gasteiger partial charge >= 0.3 is 5.97 Å². The number of esters is 1. The van der Waals surface area contributed by atoms with Crippen LogP contribution in [0.4, 0.5) is 0 Å². The van der Waals surface area contributed by atoms with Crippen LogP contribution in [-0.4, -0.2) is 13.1 Å². The molecule has 1 saturated carbocycles. The van der Waals surface area contributed by atoms with Crippen LogP contribution in [0.5, 0.6) is 11.5 Å². The van der Waals surface area contributed by atoms with Gasteiger partial charge in [0.05, 0.1) is 13.0 Å². The van der Waals surface area contributed by atoms with E-state index in [9.17, 15) is 4.79 Å². The molecule has 3 atom stereocenters. The van der Waals surface area contributed by atoms with Gasteiger partial charge in [-0.1, -0.05) is 19.4 Å². The van der Waals surface area contributed by atoms with Gasteiger partial charge in [0.1, 0.15) is 11.5 Å². The zero-order valence-corrected chi connectivity index (χ0v) is 10.8. The molecule has 0 spiro atoms. The first-order valence-corrected chi connectivity index (χ1v) is 6.58. The van der Waals surface area contributed by atoms with Gasteiger partial charge in [0, 0.05) is 12.0 Å². The molecule has 3 nitrogen and oxygen atoms in total. The van der Waals surface area contributed by atoms with E-state index in [-0.39, 0.29) is 11.9 Å². The van der Waals surface area contributed by atoms with E-state index in [0.29, 0.717) is 17.6 Å². The van der Waals surface area contributed by atoms with Crippen molar-refractivity contribution in [2.45, 2.75) is 32.1 Å². The summed E-state index contributed by atoms with van der Waals surface area (Å²) >= 11 is 0. The lowest BCUT2D eigenvalue weighted by Crippen LogP contribution is -2.35. The second kappa shape index (κ2) is 4.30. The Morgan fingerprint density at radius 3 is 2.89 bits per heavy atom. The highest BCUT2D eigenvalue weighted by Crippen LogP contribution is 2.47. The van der Waals surface area contributed by atoms with Crippen molar-refractivity contribution in [3.63, 3.8) is 0 Å². The maximum atomic E-state index is 12.1. The normalized spacial score (nSPS) is 30.1. The van der Waals surface area contributed by atoms with Crippen molar-refractivity contribution in [3.05, 3.63) is 23.8 Å². The van der Waals surface area contributed by atoms with Crippen molar-refractivity contribution in [1.29, 1.82) is 0 Å². The number of fused-ring (bicyclic) bond motifs is 3. The maximum Gasteiger partial charge on any atom is 0.314 e. The predicted octanol–water partition coefficient (Wildman–Crippen LogP) is 3.13. The molecular formula is C15H18O3. The Hall–Kier alpha value is -1.51. The van der Waals surface area contributed by atoms with Crippen LogP contribution < -0.4 is 9.47 Å².